The molecule has 1 aliphatic heterocycles. The van der Waals surface area contributed by atoms with Gasteiger partial charge in [-0.3, -0.25) is 4.79 Å². The molecule has 2 N–H and O–H groups in total. The van der Waals surface area contributed by atoms with Crippen molar-refractivity contribution in [1.82, 2.24) is 5.32 Å². The fourth-order valence-corrected chi connectivity index (χ4v) is 4.19. The van der Waals surface area contributed by atoms with Crippen molar-refractivity contribution in [2.45, 2.75) is 38.2 Å². The first-order chi connectivity index (χ1) is 9.57. The maximum atomic E-state index is 12.3. The summed E-state index contributed by atoms with van der Waals surface area (Å²) >= 11 is 1.69. The molecule has 0 spiro atoms. The molecule has 2 heterocycles. The second-order valence-electron chi connectivity index (χ2n) is 6.11. The van der Waals surface area contributed by atoms with Crippen molar-refractivity contribution in [1.29, 1.82) is 0 Å². The number of aliphatic hydroxyl groups is 1. The number of hydrogen-bond acceptors (Lipinski definition) is 4. The van der Waals surface area contributed by atoms with Crippen LogP contribution >= 0.6 is 11.3 Å². The number of rotatable bonds is 3. The van der Waals surface area contributed by atoms with Crippen molar-refractivity contribution in [3.05, 3.63) is 21.4 Å². The quantitative estimate of drug-likeness (QED) is 0.893. The number of nitrogens with one attached hydrogen (secondary N) is 1. The molecule has 2 unspecified atom stereocenters. The van der Waals surface area contributed by atoms with Crippen LogP contribution in [0.2, 0.25) is 0 Å². The van der Waals surface area contributed by atoms with E-state index in [1.165, 1.54) is 10.4 Å². The van der Waals surface area contributed by atoms with E-state index < -0.39 is 5.60 Å². The maximum Gasteiger partial charge on any atom is 0.252 e. The van der Waals surface area contributed by atoms with Gasteiger partial charge in [0.25, 0.3) is 5.91 Å². The lowest BCUT2D eigenvalue weighted by Crippen LogP contribution is -2.43. The molecular weight excluding hydrogens is 274 g/mol. The third-order valence-electron chi connectivity index (χ3n) is 4.31. The molecule has 2 atom stereocenters. The maximum absolute atomic E-state index is 12.3. The highest BCUT2D eigenvalue weighted by molar-refractivity contribution is 7.10. The zero-order chi connectivity index (χ0) is 14.2. The molecule has 0 radical (unpaired) electrons. The van der Waals surface area contributed by atoms with Crippen molar-refractivity contribution in [2.24, 2.45) is 5.92 Å². The topological polar surface area (TPSA) is 58.6 Å². The fraction of sp³-hybridized carbons (Fsp3) is 0.667. The van der Waals surface area contributed by atoms with Gasteiger partial charge in [-0.05, 0) is 30.7 Å². The van der Waals surface area contributed by atoms with Gasteiger partial charge in [-0.25, -0.2) is 0 Å². The molecule has 2 aliphatic rings. The minimum Gasteiger partial charge on any atom is -0.386 e. The van der Waals surface area contributed by atoms with E-state index in [4.69, 9.17) is 4.74 Å². The number of hydrogen-bond donors (Lipinski definition) is 2. The molecule has 0 saturated carbocycles. The lowest BCUT2D eigenvalue weighted by molar-refractivity contribution is 0.0264. The molecule has 5 heteroatoms. The predicted molar refractivity (Wildman–Crippen MR) is 78.2 cm³/mol. The summed E-state index contributed by atoms with van der Waals surface area (Å²) in [4.78, 5) is 13.7. The van der Waals surface area contributed by atoms with E-state index in [1.54, 1.807) is 11.3 Å². The Hall–Kier alpha value is -0.910. The van der Waals surface area contributed by atoms with Crippen LogP contribution in [-0.2, 0) is 17.6 Å². The molecule has 1 fully saturated rings. The highest BCUT2D eigenvalue weighted by atomic mass is 32.1. The largest absolute Gasteiger partial charge is 0.386 e. The molecule has 4 nitrogen and oxygen atoms in total. The van der Waals surface area contributed by atoms with E-state index in [0.29, 0.717) is 25.6 Å². The van der Waals surface area contributed by atoms with Gasteiger partial charge in [0.1, 0.15) is 5.60 Å². The number of ether oxygens (including phenoxy) is 1. The van der Waals surface area contributed by atoms with E-state index in [0.717, 1.165) is 24.8 Å². The molecule has 1 aromatic rings. The van der Waals surface area contributed by atoms with Gasteiger partial charge in [-0.1, -0.05) is 6.92 Å². The van der Waals surface area contributed by atoms with Crippen LogP contribution in [0, 0.1) is 5.92 Å². The highest BCUT2D eigenvalue weighted by Crippen LogP contribution is 2.32. The van der Waals surface area contributed by atoms with E-state index in [-0.39, 0.29) is 12.5 Å². The van der Waals surface area contributed by atoms with Crippen molar-refractivity contribution >= 4 is 17.2 Å². The normalized spacial score (nSPS) is 29.2. The minimum absolute atomic E-state index is 0.0580. The second-order valence-corrected chi connectivity index (χ2v) is 7.07. The lowest BCUT2D eigenvalue weighted by atomic mass is 9.88. The van der Waals surface area contributed by atoms with Crippen molar-refractivity contribution in [3.63, 3.8) is 0 Å². The summed E-state index contributed by atoms with van der Waals surface area (Å²) in [7, 11) is 0. The second kappa shape index (κ2) is 5.47. The van der Waals surface area contributed by atoms with Crippen LogP contribution in [0.25, 0.3) is 0 Å². The SMILES string of the molecule is CC1CCc2c(C(=O)NCC3(O)CCOC3)csc2C1. The van der Waals surface area contributed by atoms with Crippen LogP contribution in [0.5, 0.6) is 0 Å². The van der Waals surface area contributed by atoms with E-state index in [1.807, 2.05) is 5.38 Å². The van der Waals surface area contributed by atoms with Gasteiger partial charge in [0, 0.05) is 29.8 Å². The van der Waals surface area contributed by atoms with Gasteiger partial charge < -0.3 is 15.2 Å². The van der Waals surface area contributed by atoms with Crippen molar-refractivity contribution < 1.29 is 14.6 Å². The van der Waals surface area contributed by atoms with Gasteiger partial charge in [-0.15, -0.1) is 11.3 Å². The third-order valence-corrected chi connectivity index (χ3v) is 5.36. The molecule has 0 bridgehead atoms. The fourth-order valence-electron chi connectivity index (χ4n) is 2.94. The zero-order valence-corrected chi connectivity index (χ0v) is 12.6. The zero-order valence-electron chi connectivity index (χ0n) is 11.8. The van der Waals surface area contributed by atoms with E-state index in [2.05, 4.69) is 12.2 Å². The van der Waals surface area contributed by atoms with E-state index >= 15 is 0 Å². The van der Waals surface area contributed by atoms with Crippen LogP contribution in [0.3, 0.4) is 0 Å². The molecule has 20 heavy (non-hydrogen) atoms. The van der Waals surface area contributed by atoms with Crippen molar-refractivity contribution in [3.8, 4) is 0 Å². The standard InChI is InChI=1S/C15H21NO3S/c1-10-2-3-11-12(7-20-13(11)6-10)14(17)16-8-15(18)4-5-19-9-15/h7,10,18H,2-6,8-9H2,1H3,(H,16,17). The van der Waals surface area contributed by atoms with Crippen LogP contribution in [-0.4, -0.2) is 36.4 Å². The number of amides is 1. The first-order valence-corrected chi connectivity index (χ1v) is 8.13. The Balaban J connectivity index is 1.66. The van der Waals surface area contributed by atoms with Gasteiger partial charge >= 0.3 is 0 Å². The molecule has 3 rings (SSSR count). The Morgan fingerprint density at radius 2 is 2.50 bits per heavy atom. The summed E-state index contributed by atoms with van der Waals surface area (Å²) in [5.41, 5.74) is 1.14. The smallest absolute Gasteiger partial charge is 0.252 e. The van der Waals surface area contributed by atoms with Gasteiger partial charge in [0.2, 0.25) is 0 Å². The summed E-state index contributed by atoms with van der Waals surface area (Å²) < 4.78 is 5.19. The van der Waals surface area contributed by atoms with Gasteiger partial charge in [0.15, 0.2) is 0 Å². The summed E-state index contributed by atoms with van der Waals surface area (Å²) in [6.45, 7) is 3.41. The van der Waals surface area contributed by atoms with Crippen LogP contribution < -0.4 is 5.32 Å². The monoisotopic (exact) mass is 295 g/mol. The average molecular weight is 295 g/mol. The van der Waals surface area contributed by atoms with Crippen LogP contribution in [0.4, 0.5) is 0 Å². The highest BCUT2D eigenvalue weighted by Gasteiger charge is 2.33. The van der Waals surface area contributed by atoms with Crippen LogP contribution in [0.15, 0.2) is 5.38 Å². The molecule has 1 amide bonds. The molecule has 1 aromatic heterocycles. The Bertz CT molecular complexity index is 505. The van der Waals surface area contributed by atoms with Gasteiger partial charge in [0.05, 0.1) is 12.2 Å². The van der Waals surface area contributed by atoms with Crippen molar-refractivity contribution in [2.75, 3.05) is 19.8 Å². The summed E-state index contributed by atoms with van der Waals surface area (Å²) in [6, 6.07) is 0. The average Bonchev–Trinajstić information content (AvgIpc) is 3.02. The van der Waals surface area contributed by atoms with Crippen LogP contribution in [0.1, 0.15) is 40.6 Å². The molecule has 1 saturated heterocycles. The third kappa shape index (κ3) is 2.75. The Morgan fingerprint density at radius 1 is 1.65 bits per heavy atom. The Kier molecular flexibility index (Phi) is 3.84. The summed E-state index contributed by atoms with van der Waals surface area (Å²) in [5.74, 6) is 0.658. The van der Waals surface area contributed by atoms with E-state index in [9.17, 15) is 9.90 Å². The first kappa shape index (κ1) is 14.0. The minimum atomic E-state index is -0.889. The first-order valence-electron chi connectivity index (χ1n) is 7.25. The summed E-state index contributed by atoms with van der Waals surface area (Å²) in [5, 5.41) is 15.0. The molecule has 1 aliphatic carbocycles. The lowest BCUT2D eigenvalue weighted by Gasteiger charge is -2.21. The number of thiophene rings is 1. The Morgan fingerprint density at radius 3 is 3.25 bits per heavy atom. The molecule has 110 valence electrons. The number of carbonyl (C=O) groups excluding carboxylic acids is 1. The Labute approximate surface area is 123 Å². The molecule has 0 aromatic carbocycles. The predicted octanol–water partition coefficient (Wildman–Crippen LogP) is 1.75. The summed E-state index contributed by atoms with van der Waals surface area (Å²) in [6.07, 6.45) is 3.83. The van der Waals surface area contributed by atoms with Gasteiger partial charge in [-0.2, -0.15) is 0 Å². The number of fused-ring (bicyclic) bond motifs is 1. The molecular formula is C15H21NO3S. The number of carbonyl (C=O) groups is 1.